The predicted octanol–water partition coefficient (Wildman–Crippen LogP) is 2.20. The number of amides is 2. The number of nitrogens with one attached hydrogen (secondary N) is 2. The van der Waals surface area contributed by atoms with E-state index in [1.807, 2.05) is 13.8 Å². The standard InChI is InChI=1S/C11H16ClN3O/c1-11(2,7-13)15-10(16)14-9-5-3-4-8(12)6-9/h3-6H,7,13H2,1-2H3,(H2,14,15,16). The van der Waals surface area contributed by atoms with Crippen LogP contribution < -0.4 is 16.4 Å². The van der Waals surface area contributed by atoms with Gasteiger partial charge in [0, 0.05) is 22.8 Å². The summed E-state index contributed by atoms with van der Waals surface area (Å²) in [6, 6.07) is 6.66. The van der Waals surface area contributed by atoms with Crippen molar-refractivity contribution < 1.29 is 4.79 Å². The van der Waals surface area contributed by atoms with Crippen LogP contribution >= 0.6 is 11.6 Å². The van der Waals surface area contributed by atoms with Crippen molar-refractivity contribution in [3.63, 3.8) is 0 Å². The Kier molecular flexibility index (Phi) is 4.15. The topological polar surface area (TPSA) is 67.1 Å². The molecular formula is C11H16ClN3O. The van der Waals surface area contributed by atoms with Crippen LogP contribution in [0.5, 0.6) is 0 Å². The fourth-order valence-corrected chi connectivity index (χ4v) is 1.28. The Morgan fingerprint density at radius 3 is 2.75 bits per heavy atom. The lowest BCUT2D eigenvalue weighted by molar-refractivity contribution is 0.242. The van der Waals surface area contributed by atoms with E-state index >= 15 is 0 Å². The Bertz CT molecular complexity index is 379. The van der Waals surface area contributed by atoms with Gasteiger partial charge in [0.05, 0.1) is 0 Å². The summed E-state index contributed by atoms with van der Waals surface area (Å²) in [5.74, 6) is 0. The Labute approximate surface area is 100 Å². The minimum Gasteiger partial charge on any atom is -0.332 e. The molecule has 0 saturated heterocycles. The molecule has 0 heterocycles. The SMILES string of the molecule is CC(C)(CN)NC(=O)Nc1cccc(Cl)c1. The predicted molar refractivity (Wildman–Crippen MR) is 66.7 cm³/mol. The third-order valence-electron chi connectivity index (χ3n) is 2.04. The van der Waals surface area contributed by atoms with Gasteiger partial charge in [0.25, 0.3) is 0 Å². The summed E-state index contributed by atoms with van der Waals surface area (Å²) in [5.41, 5.74) is 5.73. The van der Waals surface area contributed by atoms with Gasteiger partial charge in [-0.15, -0.1) is 0 Å². The molecule has 0 aliphatic carbocycles. The van der Waals surface area contributed by atoms with Crippen LogP contribution in [-0.2, 0) is 0 Å². The molecule has 0 atom stereocenters. The number of halogens is 1. The van der Waals surface area contributed by atoms with Gasteiger partial charge in [-0.05, 0) is 32.0 Å². The van der Waals surface area contributed by atoms with E-state index in [0.717, 1.165) is 0 Å². The summed E-state index contributed by atoms with van der Waals surface area (Å²) >= 11 is 5.80. The van der Waals surface area contributed by atoms with Crippen molar-refractivity contribution in [1.29, 1.82) is 0 Å². The molecule has 0 unspecified atom stereocenters. The Morgan fingerprint density at radius 2 is 2.19 bits per heavy atom. The minimum atomic E-state index is -0.428. The Morgan fingerprint density at radius 1 is 1.50 bits per heavy atom. The summed E-state index contributed by atoms with van der Waals surface area (Å²) in [7, 11) is 0. The molecule has 0 radical (unpaired) electrons. The summed E-state index contributed by atoms with van der Waals surface area (Å²) in [6.45, 7) is 4.07. The first-order valence-electron chi connectivity index (χ1n) is 4.98. The monoisotopic (exact) mass is 241 g/mol. The van der Waals surface area contributed by atoms with Gasteiger partial charge in [-0.3, -0.25) is 0 Å². The average Bonchev–Trinajstić information content (AvgIpc) is 2.16. The van der Waals surface area contributed by atoms with E-state index in [0.29, 0.717) is 17.3 Å². The summed E-state index contributed by atoms with van der Waals surface area (Å²) in [6.07, 6.45) is 0. The lowest BCUT2D eigenvalue weighted by atomic mass is 10.1. The molecule has 4 nitrogen and oxygen atoms in total. The lowest BCUT2D eigenvalue weighted by Gasteiger charge is -2.24. The molecule has 0 spiro atoms. The fraction of sp³-hybridized carbons (Fsp3) is 0.364. The summed E-state index contributed by atoms with van der Waals surface area (Å²) < 4.78 is 0. The van der Waals surface area contributed by atoms with Crippen LogP contribution in [0.3, 0.4) is 0 Å². The van der Waals surface area contributed by atoms with Gasteiger partial charge in [0.15, 0.2) is 0 Å². The van der Waals surface area contributed by atoms with Crippen molar-refractivity contribution in [2.75, 3.05) is 11.9 Å². The summed E-state index contributed by atoms with van der Waals surface area (Å²) in [5, 5.41) is 6.02. The van der Waals surface area contributed by atoms with E-state index < -0.39 is 5.54 Å². The van der Waals surface area contributed by atoms with Gasteiger partial charge in [-0.25, -0.2) is 4.79 Å². The van der Waals surface area contributed by atoms with E-state index in [9.17, 15) is 4.79 Å². The third kappa shape index (κ3) is 4.08. The highest BCUT2D eigenvalue weighted by Crippen LogP contribution is 2.14. The number of rotatable bonds is 3. The fourth-order valence-electron chi connectivity index (χ4n) is 1.09. The molecule has 1 aromatic carbocycles. The van der Waals surface area contributed by atoms with E-state index in [4.69, 9.17) is 17.3 Å². The molecule has 0 saturated carbocycles. The van der Waals surface area contributed by atoms with E-state index in [2.05, 4.69) is 10.6 Å². The van der Waals surface area contributed by atoms with Crippen LogP contribution in [0.15, 0.2) is 24.3 Å². The van der Waals surface area contributed by atoms with Crippen LogP contribution in [0.4, 0.5) is 10.5 Å². The molecule has 0 fully saturated rings. The van der Waals surface area contributed by atoms with Gasteiger partial charge >= 0.3 is 6.03 Å². The molecule has 88 valence electrons. The van der Waals surface area contributed by atoms with Crippen molar-refractivity contribution in [2.45, 2.75) is 19.4 Å². The zero-order valence-electron chi connectivity index (χ0n) is 9.38. The van der Waals surface area contributed by atoms with Crippen molar-refractivity contribution in [3.05, 3.63) is 29.3 Å². The normalized spacial score (nSPS) is 11.0. The first-order chi connectivity index (χ1) is 7.43. The molecule has 0 aliphatic heterocycles. The maximum atomic E-state index is 11.6. The van der Waals surface area contributed by atoms with Crippen LogP contribution in [0.1, 0.15) is 13.8 Å². The quantitative estimate of drug-likeness (QED) is 0.760. The highest BCUT2D eigenvalue weighted by molar-refractivity contribution is 6.30. The first kappa shape index (κ1) is 12.8. The average molecular weight is 242 g/mol. The van der Waals surface area contributed by atoms with Crippen molar-refractivity contribution in [2.24, 2.45) is 5.73 Å². The van der Waals surface area contributed by atoms with E-state index in [1.165, 1.54) is 0 Å². The van der Waals surface area contributed by atoms with Gasteiger partial charge in [0.2, 0.25) is 0 Å². The number of hydrogen-bond donors (Lipinski definition) is 3. The number of nitrogens with two attached hydrogens (primary N) is 1. The molecule has 16 heavy (non-hydrogen) atoms. The maximum absolute atomic E-state index is 11.6. The first-order valence-corrected chi connectivity index (χ1v) is 5.35. The maximum Gasteiger partial charge on any atom is 0.319 e. The smallest absolute Gasteiger partial charge is 0.319 e. The number of hydrogen-bond acceptors (Lipinski definition) is 2. The van der Waals surface area contributed by atoms with Crippen LogP contribution in [0.2, 0.25) is 5.02 Å². The van der Waals surface area contributed by atoms with Crippen LogP contribution in [0, 0.1) is 0 Å². The number of carbonyl (C=O) groups is 1. The van der Waals surface area contributed by atoms with Gasteiger partial charge in [-0.2, -0.15) is 0 Å². The van der Waals surface area contributed by atoms with Gasteiger partial charge in [0.1, 0.15) is 0 Å². The van der Waals surface area contributed by atoms with E-state index in [1.54, 1.807) is 24.3 Å². The second kappa shape index (κ2) is 5.18. The molecule has 0 aliphatic rings. The Hall–Kier alpha value is -1.26. The molecule has 1 rings (SSSR count). The number of benzene rings is 1. The van der Waals surface area contributed by atoms with Gasteiger partial charge in [-0.1, -0.05) is 17.7 Å². The van der Waals surface area contributed by atoms with Crippen LogP contribution in [0.25, 0.3) is 0 Å². The largest absolute Gasteiger partial charge is 0.332 e. The van der Waals surface area contributed by atoms with Crippen LogP contribution in [-0.4, -0.2) is 18.1 Å². The molecule has 0 aromatic heterocycles. The van der Waals surface area contributed by atoms with Gasteiger partial charge < -0.3 is 16.4 Å². The zero-order chi connectivity index (χ0) is 12.2. The molecular weight excluding hydrogens is 226 g/mol. The molecule has 2 amide bonds. The minimum absolute atomic E-state index is 0.294. The Balaban J connectivity index is 2.59. The van der Waals surface area contributed by atoms with Crippen molar-refractivity contribution in [1.82, 2.24) is 5.32 Å². The highest BCUT2D eigenvalue weighted by Gasteiger charge is 2.17. The molecule has 1 aromatic rings. The molecule has 0 bridgehead atoms. The van der Waals surface area contributed by atoms with E-state index in [-0.39, 0.29) is 6.03 Å². The number of urea groups is 1. The second-order valence-electron chi connectivity index (χ2n) is 4.18. The number of anilines is 1. The third-order valence-corrected chi connectivity index (χ3v) is 2.28. The molecule has 4 N–H and O–H groups in total. The highest BCUT2D eigenvalue weighted by atomic mass is 35.5. The summed E-state index contributed by atoms with van der Waals surface area (Å²) in [4.78, 5) is 11.6. The lowest BCUT2D eigenvalue weighted by Crippen LogP contribution is -2.50. The zero-order valence-corrected chi connectivity index (χ0v) is 10.1. The molecule has 5 heteroatoms. The van der Waals surface area contributed by atoms with Crippen molar-refractivity contribution in [3.8, 4) is 0 Å². The number of carbonyl (C=O) groups excluding carboxylic acids is 1. The second-order valence-corrected chi connectivity index (χ2v) is 4.61. The van der Waals surface area contributed by atoms with Crippen molar-refractivity contribution >= 4 is 23.3 Å².